The average molecular weight is 378 g/mol. The minimum Gasteiger partial charge on any atom is -0.268 e. The molecule has 1 saturated heterocycles. The van der Waals surface area contributed by atoms with Gasteiger partial charge in [0.05, 0.1) is 11.4 Å². The fraction of sp³-hybridized carbons (Fsp3) is 0.111. The van der Waals surface area contributed by atoms with E-state index in [0.717, 1.165) is 22.9 Å². The summed E-state index contributed by atoms with van der Waals surface area (Å²) in [7, 11) is 0. The van der Waals surface area contributed by atoms with E-state index in [1.807, 2.05) is 31.2 Å². The van der Waals surface area contributed by atoms with Crippen molar-refractivity contribution in [1.29, 1.82) is 0 Å². The largest absolute Gasteiger partial charge is 0.293 e. The molecule has 0 atom stereocenters. The number of rotatable bonds is 3. The number of imide groups is 1. The minimum atomic E-state index is -0.306. The Kier molecular flexibility index (Phi) is 4.99. The Balaban J connectivity index is 1.85. The van der Waals surface area contributed by atoms with Gasteiger partial charge in [0.25, 0.3) is 11.1 Å². The molecule has 0 radical (unpaired) electrons. The summed E-state index contributed by atoms with van der Waals surface area (Å²) in [6, 6.07) is 12.7. The van der Waals surface area contributed by atoms with E-state index >= 15 is 0 Å². The van der Waals surface area contributed by atoms with E-state index in [2.05, 4.69) is 0 Å². The minimum absolute atomic E-state index is 0.131. The lowest BCUT2D eigenvalue weighted by Crippen LogP contribution is -2.27. The Labute approximate surface area is 154 Å². The summed E-state index contributed by atoms with van der Waals surface area (Å²) >= 11 is 13.0. The molecule has 24 heavy (non-hydrogen) atoms. The van der Waals surface area contributed by atoms with Crippen LogP contribution in [-0.2, 0) is 11.3 Å². The van der Waals surface area contributed by atoms with Crippen LogP contribution in [0.5, 0.6) is 0 Å². The topological polar surface area (TPSA) is 37.4 Å². The van der Waals surface area contributed by atoms with Gasteiger partial charge in [-0.25, -0.2) is 0 Å². The van der Waals surface area contributed by atoms with Gasteiger partial charge in [-0.05, 0) is 53.6 Å². The zero-order valence-corrected chi connectivity index (χ0v) is 15.1. The van der Waals surface area contributed by atoms with Gasteiger partial charge in [-0.2, -0.15) is 0 Å². The van der Waals surface area contributed by atoms with E-state index < -0.39 is 0 Å². The third-order valence-electron chi connectivity index (χ3n) is 3.69. The molecule has 0 aliphatic carbocycles. The predicted molar refractivity (Wildman–Crippen MR) is 99.2 cm³/mol. The highest BCUT2D eigenvalue weighted by Gasteiger charge is 2.35. The predicted octanol–water partition coefficient (Wildman–Crippen LogP) is 5.54. The molecule has 0 bridgehead atoms. The number of hydrogen-bond acceptors (Lipinski definition) is 3. The second-order valence-electron chi connectivity index (χ2n) is 5.36. The van der Waals surface area contributed by atoms with Gasteiger partial charge in [0, 0.05) is 10.0 Å². The molecule has 1 aliphatic rings. The molecule has 2 aromatic carbocycles. The molecule has 3 nitrogen and oxygen atoms in total. The molecule has 0 unspecified atom stereocenters. The summed E-state index contributed by atoms with van der Waals surface area (Å²) in [6.45, 7) is 2.09. The van der Waals surface area contributed by atoms with Crippen LogP contribution in [0.15, 0.2) is 47.4 Å². The molecule has 3 rings (SSSR count). The van der Waals surface area contributed by atoms with Crippen molar-refractivity contribution in [3.63, 3.8) is 0 Å². The molecule has 0 saturated carbocycles. The molecule has 1 heterocycles. The second kappa shape index (κ2) is 7.01. The number of hydrogen-bond donors (Lipinski definition) is 0. The highest BCUT2D eigenvalue weighted by Crippen LogP contribution is 2.34. The highest BCUT2D eigenvalue weighted by molar-refractivity contribution is 8.18. The van der Waals surface area contributed by atoms with Crippen molar-refractivity contribution < 1.29 is 9.59 Å². The number of carbonyl (C=O) groups excluding carboxylic acids is 2. The van der Waals surface area contributed by atoms with E-state index in [0.29, 0.717) is 20.5 Å². The van der Waals surface area contributed by atoms with Crippen LogP contribution in [0.4, 0.5) is 4.79 Å². The van der Waals surface area contributed by atoms with Crippen LogP contribution in [0.25, 0.3) is 6.08 Å². The summed E-state index contributed by atoms with van der Waals surface area (Å²) < 4.78 is 0. The fourth-order valence-corrected chi connectivity index (χ4v) is 3.64. The van der Waals surface area contributed by atoms with E-state index in [9.17, 15) is 9.59 Å². The highest BCUT2D eigenvalue weighted by atomic mass is 35.5. The maximum atomic E-state index is 12.6. The Morgan fingerprint density at radius 1 is 1.12 bits per heavy atom. The van der Waals surface area contributed by atoms with E-state index in [1.165, 1.54) is 4.90 Å². The smallest absolute Gasteiger partial charge is 0.268 e. The van der Waals surface area contributed by atoms with E-state index in [1.54, 1.807) is 24.3 Å². The van der Waals surface area contributed by atoms with Crippen molar-refractivity contribution in [2.24, 2.45) is 0 Å². The number of carbonyl (C=O) groups is 2. The Morgan fingerprint density at radius 3 is 2.58 bits per heavy atom. The molecule has 1 fully saturated rings. The van der Waals surface area contributed by atoms with Crippen LogP contribution in [0, 0.1) is 6.92 Å². The molecule has 1 aliphatic heterocycles. The Hall–Kier alpha value is -1.75. The number of benzene rings is 2. The molecule has 2 aromatic rings. The van der Waals surface area contributed by atoms with Crippen LogP contribution in [-0.4, -0.2) is 16.0 Å². The Morgan fingerprint density at radius 2 is 1.88 bits per heavy atom. The maximum absolute atomic E-state index is 12.6. The van der Waals surface area contributed by atoms with Gasteiger partial charge in [-0.15, -0.1) is 0 Å². The van der Waals surface area contributed by atoms with Gasteiger partial charge in [-0.1, -0.05) is 53.5 Å². The zero-order chi connectivity index (χ0) is 17.3. The van der Waals surface area contributed by atoms with Crippen LogP contribution < -0.4 is 0 Å². The van der Waals surface area contributed by atoms with E-state index in [4.69, 9.17) is 23.2 Å². The summed E-state index contributed by atoms with van der Waals surface area (Å²) in [5.74, 6) is -0.306. The van der Waals surface area contributed by atoms with Crippen molar-refractivity contribution in [2.45, 2.75) is 13.5 Å². The lowest BCUT2D eigenvalue weighted by Gasteiger charge is -2.13. The zero-order valence-electron chi connectivity index (χ0n) is 12.8. The monoisotopic (exact) mass is 377 g/mol. The first kappa shape index (κ1) is 17.1. The van der Waals surface area contributed by atoms with Gasteiger partial charge in [0.2, 0.25) is 0 Å². The summed E-state index contributed by atoms with van der Waals surface area (Å²) in [5.41, 5.74) is 2.65. The summed E-state index contributed by atoms with van der Waals surface area (Å²) in [6.07, 6.45) is 1.75. The number of halogens is 2. The van der Waals surface area contributed by atoms with Crippen molar-refractivity contribution >= 4 is 52.2 Å². The maximum Gasteiger partial charge on any atom is 0.293 e. The molecule has 0 aromatic heterocycles. The number of aryl methyl sites for hydroxylation is 1. The SMILES string of the molecule is Cc1ccccc1/C=C1/SC(=O)N(Cc2ccc(Cl)cc2Cl)C1=O. The summed E-state index contributed by atoms with van der Waals surface area (Å²) in [5, 5.41) is 0.646. The van der Waals surface area contributed by atoms with Gasteiger partial charge in [0.15, 0.2) is 0 Å². The fourth-order valence-electron chi connectivity index (χ4n) is 2.35. The molecule has 0 N–H and O–H groups in total. The van der Waals surface area contributed by atoms with Gasteiger partial charge in [0.1, 0.15) is 0 Å². The number of nitrogens with zero attached hydrogens (tertiary/aromatic N) is 1. The quantitative estimate of drug-likeness (QED) is 0.659. The third kappa shape index (κ3) is 3.51. The van der Waals surface area contributed by atoms with Crippen molar-refractivity contribution in [3.05, 3.63) is 74.1 Å². The first-order valence-corrected chi connectivity index (χ1v) is 8.78. The van der Waals surface area contributed by atoms with Crippen molar-refractivity contribution in [3.8, 4) is 0 Å². The van der Waals surface area contributed by atoms with Gasteiger partial charge >= 0.3 is 0 Å². The lowest BCUT2D eigenvalue weighted by atomic mass is 10.1. The molecule has 2 amide bonds. The third-order valence-corrected chi connectivity index (χ3v) is 5.19. The van der Waals surface area contributed by atoms with Gasteiger partial charge in [-0.3, -0.25) is 14.5 Å². The van der Waals surface area contributed by atoms with Crippen LogP contribution >= 0.6 is 35.0 Å². The standard InChI is InChI=1S/C18H13Cl2NO2S/c1-11-4-2-3-5-12(11)8-16-17(22)21(18(23)24-16)10-13-6-7-14(19)9-15(13)20/h2-9H,10H2,1H3/b16-8+. The first-order chi connectivity index (χ1) is 11.5. The summed E-state index contributed by atoms with van der Waals surface area (Å²) in [4.78, 5) is 26.4. The molecular formula is C18H13Cl2NO2S. The molecule has 122 valence electrons. The average Bonchev–Trinajstić information content (AvgIpc) is 2.79. The number of thioether (sulfide) groups is 1. The normalized spacial score (nSPS) is 16.3. The van der Waals surface area contributed by atoms with Crippen LogP contribution in [0.1, 0.15) is 16.7 Å². The van der Waals surface area contributed by atoms with Crippen molar-refractivity contribution in [2.75, 3.05) is 0 Å². The number of amides is 2. The van der Waals surface area contributed by atoms with E-state index in [-0.39, 0.29) is 17.7 Å². The first-order valence-electron chi connectivity index (χ1n) is 7.20. The van der Waals surface area contributed by atoms with Crippen molar-refractivity contribution in [1.82, 2.24) is 4.90 Å². The Bertz CT molecular complexity index is 864. The molecular weight excluding hydrogens is 365 g/mol. The van der Waals surface area contributed by atoms with Gasteiger partial charge < -0.3 is 0 Å². The lowest BCUT2D eigenvalue weighted by molar-refractivity contribution is -0.123. The molecule has 6 heteroatoms. The molecule has 0 spiro atoms. The van der Waals surface area contributed by atoms with Crippen LogP contribution in [0.3, 0.4) is 0 Å². The second-order valence-corrected chi connectivity index (χ2v) is 7.20. The van der Waals surface area contributed by atoms with Crippen LogP contribution in [0.2, 0.25) is 10.0 Å².